The van der Waals surface area contributed by atoms with Crippen LogP contribution in [-0.2, 0) is 16.0 Å². The molecule has 1 aromatic heterocycles. The summed E-state index contributed by atoms with van der Waals surface area (Å²) in [7, 11) is 0. The monoisotopic (exact) mass is 432 g/mol. The Hall–Kier alpha value is -2.52. The average molecular weight is 433 g/mol. The van der Waals surface area contributed by atoms with Crippen LogP contribution in [0.25, 0.3) is 10.9 Å². The number of imide groups is 1. The summed E-state index contributed by atoms with van der Waals surface area (Å²) in [5.41, 5.74) is 2.07. The number of hydrogen-bond acceptors (Lipinski definition) is 5. The number of urea groups is 1. The quantitative estimate of drug-likeness (QED) is 0.403. The number of benzene rings is 1. The van der Waals surface area contributed by atoms with E-state index in [4.69, 9.17) is 0 Å². The highest BCUT2D eigenvalue weighted by Gasteiger charge is 2.37. The molecule has 2 atom stereocenters. The molecule has 1 saturated heterocycles. The highest BCUT2D eigenvalue weighted by atomic mass is 32.2. The van der Waals surface area contributed by atoms with Crippen LogP contribution in [-0.4, -0.2) is 70.1 Å². The molecule has 0 unspecified atom stereocenters. The summed E-state index contributed by atoms with van der Waals surface area (Å²) in [4.78, 5) is 41.4. The number of para-hydroxylation sites is 1. The topological polar surface area (TPSA) is 115 Å². The number of aliphatic hydroxyl groups excluding tert-OH is 1. The van der Waals surface area contributed by atoms with E-state index in [-0.39, 0.29) is 43.8 Å². The van der Waals surface area contributed by atoms with Crippen molar-refractivity contribution in [2.75, 3.05) is 25.2 Å². The number of rotatable bonds is 11. The number of nitrogens with one attached hydrogen (secondary N) is 3. The van der Waals surface area contributed by atoms with E-state index in [1.54, 1.807) is 11.8 Å². The van der Waals surface area contributed by atoms with Crippen molar-refractivity contribution in [1.82, 2.24) is 20.5 Å². The maximum absolute atomic E-state index is 12.6. The fourth-order valence-electron chi connectivity index (χ4n) is 3.60. The summed E-state index contributed by atoms with van der Waals surface area (Å²) >= 11 is 1.65. The number of H-pyrrole nitrogens is 1. The molecule has 2 heterocycles. The lowest BCUT2D eigenvalue weighted by atomic mass is 10.1. The predicted octanol–water partition coefficient (Wildman–Crippen LogP) is 1.64. The number of fused-ring (bicyclic) bond motifs is 1. The highest BCUT2D eigenvalue weighted by molar-refractivity contribution is 7.98. The van der Waals surface area contributed by atoms with Crippen LogP contribution in [0.1, 0.15) is 24.8 Å². The maximum Gasteiger partial charge on any atom is 0.324 e. The van der Waals surface area contributed by atoms with Gasteiger partial charge in [0.05, 0.1) is 12.6 Å². The second-order valence-corrected chi connectivity index (χ2v) is 8.35. The van der Waals surface area contributed by atoms with Gasteiger partial charge in [-0.25, -0.2) is 4.79 Å². The first-order chi connectivity index (χ1) is 14.5. The van der Waals surface area contributed by atoms with Gasteiger partial charge in [-0.3, -0.25) is 14.5 Å². The third-order valence-electron chi connectivity index (χ3n) is 5.30. The van der Waals surface area contributed by atoms with Crippen molar-refractivity contribution in [3.8, 4) is 0 Å². The standard InChI is InChI=1S/C21H28N4O4S/c1-30-11-9-15(13-26)23-19(27)7-6-18-20(28)25(21(29)24-18)10-8-14-12-22-17-5-3-2-4-16(14)17/h2-5,12,15,18,22,26H,6-11,13H2,1H3,(H,23,27)(H,24,29)/t15-,18+/m1/s1. The van der Waals surface area contributed by atoms with Gasteiger partial charge < -0.3 is 20.7 Å². The van der Waals surface area contributed by atoms with E-state index in [1.165, 1.54) is 4.90 Å². The second-order valence-electron chi connectivity index (χ2n) is 7.37. The third-order valence-corrected chi connectivity index (χ3v) is 5.95. The van der Waals surface area contributed by atoms with Crippen molar-refractivity contribution in [2.24, 2.45) is 0 Å². The average Bonchev–Trinajstić information content (AvgIpc) is 3.28. The smallest absolute Gasteiger partial charge is 0.324 e. The molecule has 30 heavy (non-hydrogen) atoms. The Kier molecular flexibility index (Phi) is 7.75. The number of aliphatic hydroxyl groups is 1. The summed E-state index contributed by atoms with van der Waals surface area (Å²) in [5, 5.41) is 15.9. The Morgan fingerprint density at radius 2 is 2.13 bits per heavy atom. The van der Waals surface area contributed by atoms with Crippen LogP contribution in [0.15, 0.2) is 30.5 Å². The first-order valence-electron chi connectivity index (χ1n) is 10.1. The summed E-state index contributed by atoms with van der Waals surface area (Å²) in [5.74, 6) is 0.316. The Morgan fingerprint density at radius 1 is 1.33 bits per heavy atom. The molecule has 9 heteroatoms. The lowest BCUT2D eigenvalue weighted by Gasteiger charge is -2.16. The summed E-state index contributed by atoms with van der Waals surface area (Å²) < 4.78 is 0. The molecular formula is C21H28N4O4S. The number of aromatic nitrogens is 1. The highest BCUT2D eigenvalue weighted by Crippen LogP contribution is 2.19. The minimum Gasteiger partial charge on any atom is -0.394 e. The molecule has 8 nitrogen and oxygen atoms in total. The van der Waals surface area contributed by atoms with Gasteiger partial charge in [-0.15, -0.1) is 0 Å². The van der Waals surface area contributed by atoms with Gasteiger partial charge in [0.1, 0.15) is 6.04 Å². The Labute approximate surface area is 179 Å². The largest absolute Gasteiger partial charge is 0.394 e. The summed E-state index contributed by atoms with van der Waals surface area (Å²) in [6, 6.07) is 6.50. The van der Waals surface area contributed by atoms with E-state index in [1.807, 2.05) is 36.7 Å². The van der Waals surface area contributed by atoms with Gasteiger partial charge in [0.2, 0.25) is 5.91 Å². The van der Waals surface area contributed by atoms with E-state index >= 15 is 0 Å². The van der Waals surface area contributed by atoms with Crippen LogP contribution in [0.5, 0.6) is 0 Å². The van der Waals surface area contributed by atoms with Crippen molar-refractivity contribution in [3.05, 3.63) is 36.0 Å². The fraction of sp³-hybridized carbons (Fsp3) is 0.476. The second kappa shape index (κ2) is 10.5. The van der Waals surface area contributed by atoms with Crippen LogP contribution in [0.4, 0.5) is 4.79 Å². The van der Waals surface area contributed by atoms with E-state index < -0.39 is 12.1 Å². The van der Waals surface area contributed by atoms with Crippen LogP contribution in [0.3, 0.4) is 0 Å². The summed E-state index contributed by atoms with van der Waals surface area (Å²) in [6.07, 6.45) is 5.46. The van der Waals surface area contributed by atoms with Gasteiger partial charge in [-0.2, -0.15) is 11.8 Å². The lowest BCUT2D eigenvalue weighted by Crippen LogP contribution is -2.39. The van der Waals surface area contributed by atoms with Crippen molar-refractivity contribution in [3.63, 3.8) is 0 Å². The Balaban J connectivity index is 1.49. The first kappa shape index (κ1) is 22.2. The number of aromatic amines is 1. The van der Waals surface area contributed by atoms with Gasteiger partial charge in [-0.05, 0) is 42.9 Å². The van der Waals surface area contributed by atoms with Crippen LogP contribution < -0.4 is 10.6 Å². The minimum atomic E-state index is -0.690. The number of amides is 4. The van der Waals surface area contributed by atoms with E-state index in [0.717, 1.165) is 22.2 Å². The van der Waals surface area contributed by atoms with E-state index in [9.17, 15) is 19.5 Å². The van der Waals surface area contributed by atoms with Crippen LogP contribution in [0, 0.1) is 0 Å². The van der Waals surface area contributed by atoms with Gasteiger partial charge in [0.15, 0.2) is 0 Å². The number of carbonyl (C=O) groups is 3. The van der Waals surface area contributed by atoms with Crippen LogP contribution >= 0.6 is 11.8 Å². The molecule has 4 N–H and O–H groups in total. The molecule has 1 fully saturated rings. The van der Waals surface area contributed by atoms with Crippen molar-refractivity contribution in [2.45, 2.75) is 37.8 Å². The number of nitrogens with zero attached hydrogens (tertiary/aromatic N) is 1. The molecule has 0 radical (unpaired) electrons. The van der Waals surface area contributed by atoms with Crippen molar-refractivity contribution >= 4 is 40.5 Å². The molecule has 0 aliphatic carbocycles. The van der Waals surface area contributed by atoms with Crippen LogP contribution in [0.2, 0.25) is 0 Å². The zero-order valence-corrected chi connectivity index (χ0v) is 17.8. The maximum atomic E-state index is 12.6. The SMILES string of the molecule is CSCC[C@H](CO)NC(=O)CC[C@@H]1NC(=O)N(CCc2c[nH]c3ccccc23)C1=O. The number of carbonyl (C=O) groups excluding carboxylic acids is 3. The molecule has 0 spiro atoms. The van der Waals surface area contributed by atoms with Crippen molar-refractivity contribution in [1.29, 1.82) is 0 Å². The molecule has 2 aromatic rings. The molecule has 162 valence electrons. The molecule has 0 saturated carbocycles. The normalized spacial score (nSPS) is 17.4. The molecular weight excluding hydrogens is 404 g/mol. The van der Waals surface area contributed by atoms with E-state index in [0.29, 0.717) is 12.8 Å². The zero-order chi connectivity index (χ0) is 21.5. The fourth-order valence-corrected chi connectivity index (χ4v) is 4.12. The molecule has 1 aliphatic rings. The summed E-state index contributed by atoms with van der Waals surface area (Å²) in [6.45, 7) is 0.170. The van der Waals surface area contributed by atoms with Gasteiger partial charge >= 0.3 is 6.03 Å². The van der Waals surface area contributed by atoms with Crippen molar-refractivity contribution < 1.29 is 19.5 Å². The van der Waals surface area contributed by atoms with E-state index in [2.05, 4.69) is 15.6 Å². The lowest BCUT2D eigenvalue weighted by molar-refractivity contribution is -0.127. The Bertz CT molecular complexity index is 900. The number of thioether (sulfide) groups is 1. The molecule has 0 bridgehead atoms. The third kappa shape index (κ3) is 5.34. The van der Waals surface area contributed by atoms with Gasteiger partial charge in [-0.1, -0.05) is 18.2 Å². The predicted molar refractivity (Wildman–Crippen MR) is 117 cm³/mol. The molecule has 1 aromatic carbocycles. The van der Waals surface area contributed by atoms with Gasteiger partial charge in [0, 0.05) is 30.1 Å². The zero-order valence-electron chi connectivity index (χ0n) is 17.0. The first-order valence-corrected chi connectivity index (χ1v) is 11.5. The Morgan fingerprint density at radius 3 is 2.90 bits per heavy atom. The molecule has 1 aliphatic heterocycles. The molecule has 4 amide bonds. The number of hydrogen-bond donors (Lipinski definition) is 4. The molecule has 3 rings (SSSR count). The van der Waals surface area contributed by atoms with Gasteiger partial charge in [0.25, 0.3) is 5.91 Å². The minimum absolute atomic E-state index is 0.114.